The van der Waals surface area contributed by atoms with Gasteiger partial charge in [0.25, 0.3) is 0 Å². The Morgan fingerprint density at radius 3 is 2.47 bits per heavy atom. The molecule has 1 heterocycles. The van der Waals surface area contributed by atoms with E-state index in [9.17, 15) is 0 Å². The second-order valence-electron chi connectivity index (χ2n) is 7.76. The monoisotopic (exact) mass is 259 g/mol. The number of hydrogen-bond donors (Lipinski definition) is 1. The summed E-state index contributed by atoms with van der Waals surface area (Å²) in [6.07, 6.45) is 5.53. The fraction of sp³-hybridized carbons (Fsp3) is 0.750. The first-order chi connectivity index (χ1) is 8.82. The Hall–Kier alpha value is -0.960. The van der Waals surface area contributed by atoms with Crippen molar-refractivity contribution in [2.75, 3.05) is 7.05 Å². The van der Waals surface area contributed by atoms with E-state index >= 15 is 0 Å². The maximum atomic E-state index is 4.91. The van der Waals surface area contributed by atoms with Gasteiger partial charge in [0, 0.05) is 29.4 Å². The van der Waals surface area contributed by atoms with Crippen molar-refractivity contribution < 1.29 is 0 Å². The van der Waals surface area contributed by atoms with E-state index < -0.39 is 0 Å². The van der Waals surface area contributed by atoms with Gasteiger partial charge in [-0.05, 0) is 37.1 Å². The van der Waals surface area contributed by atoms with Crippen LogP contribution in [0.3, 0.4) is 0 Å². The smallest absolute Gasteiger partial charge is 0.132 e. The average molecular weight is 259 g/mol. The van der Waals surface area contributed by atoms with Gasteiger partial charge in [-0.3, -0.25) is 0 Å². The fourth-order valence-electron chi connectivity index (χ4n) is 3.40. The summed E-state index contributed by atoms with van der Waals surface area (Å²) >= 11 is 0. The van der Waals surface area contributed by atoms with Crippen molar-refractivity contribution >= 4 is 0 Å². The van der Waals surface area contributed by atoms with Gasteiger partial charge in [0.1, 0.15) is 5.82 Å². The zero-order chi connectivity index (χ0) is 13.8. The van der Waals surface area contributed by atoms with Crippen LogP contribution in [0.2, 0.25) is 0 Å². The van der Waals surface area contributed by atoms with E-state index in [0.717, 1.165) is 18.7 Å². The molecule has 0 aliphatic heterocycles. The molecule has 1 saturated carbocycles. The highest BCUT2D eigenvalue weighted by Crippen LogP contribution is 2.57. The highest BCUT2D eigenvalue weighted by molar-refractivity contribution is 5.29. The van der Waals surface area contributed by atoms with Gasteiger partial charge in [-0.1, -0.05) is 27.7 Å². The molecule has 0 aromatic carbocycles. The first kappa shape index (κ1) is 13.0. The van der Waals surface area contributed by atoms with E-state index in [1.54, 1.807) is 0 Å². The Kier molecular flexibility index (Phi) is 2.76. The number of aromatic nitrogens is 2. The van der Waals surface area contributed by atoms with Crippen molar-refractivity contribution in [1.82, 2.24) is 15.3 Å². The highest BCUT2D eigenvalue weighted by Gasteiger charge is 2.49. The SMILES string of the molecule is CNC1CC(C)(C)Cc2nc(C3CC3(C)C)ncc21. The van der Waals surface area contributed by atoms with Gasteiger partial charge in [-0.2, -0.15) is 0 Å². The summed E-state index contributed by atoms with van der Waals surface area (Å²) in [5.41, 5.74) is 3.30. The van der Waals surface area contributed by atoms with Crippen LogP contribution in [0.4, 0.5) is 0 Å². The molecular formula is C16H25N3. The first-order valence-electron chi connectivity index (χ1n) is 7.35. The predicted molar refractivity (Wildman–Crippen MR) is 77.1 cm³/mol. The van der Waals surface area contributed by atoms with Crippen molar-refractivity contribution in [2.45, 2.75) is 58.9 Å². The van der Waals surface area contributed by atoms with Crippen molar-refractivity contribution in [1.29, 1.82) is 0 Å². The summed E-state index contributed by atoms with van der Waals surface area (Å²) in [6.45, 7) is 9.29. The minimum atomic E-state index is 0.325. The Morgan fingerprint density at radius 1 is 1.21 bits per heavy atom. The lowest BCUT2D eigenvalue weighted by Gasteiger charge is -2.36. The summed E-state index contributed by atoms with van der Waals surface area (Å²) in [6, 6.07) is 0.403. The van der Waals surface area contributed by atoms with E-state index in [1.165, 1.54) is 17.7 Å². The number of nitrogens with zero attached hydrogens (tertiary/aromatic N) is 2. The molecule has 2 aliphatic rings. The van der Waals surface area contributed by atoms with Crippen LogP contribution in [-0.2, 0) is 6.42 Å². The summed E-state index contributed by atoms with van der Waals surface area (Å²) in [5.74, 6) is 1.63. The average Bonchev–Trinajstić information content (AvgIpc) is 2.95. The normalized spacial score (nSPS) is 30.8. The van der Waals surface area contributed by atoms with Crippen LogP contribution in [0.25, 0.3) is 0 Å². The van der Waals surface area contributed by atoms with Crippen molar-refractivity contribution in [3.8, 4) is 0 Å². The predicted octanol–water partition coefficient (Wildman–Crippen LogP) is 3.22. The number of rotatable bonds is 2. The zero-order valence-corrected chi connectivity index (χ0v) is 12.7. The second kappa shape index (κ2) is 4.02. The standard InChI is InChI=1S/C16H25N3/c1-15(2)7-12(17-5)10-9-18-14(19-13(10)8-15)11-6-16(11,3)4/h9,11-12,17H,6-8H2,1-5H3. The molecule has 0 amide bonds. The van der Waals surface area contributed by atoms with Gasteiger partial charge in [-0.15, -0.1) is 0 Å². The van der Waals surface area contributed by atoms with Gasteiger partial charge in [-0.25, -0.2) is 9.97 Å². The molecule has 1 aromatic rings. The minimum absolute atomic E-state index is 0.325. The maximum absolute atomic E-state index is 4.91. The van der Waals surface area contributed by atoms with Crippen molar-refractivity contribution in [3.63, 3.8) is 0 Å². The lowest BCUT2D eigenvalue weighted by molar-refractivity contribution is 0.259. The van der Waals surface area contributed by atoms with E-state index in [0.29, 0.717) is 22.8 Å². The molecule has 2 unspecified atom stereocenters. The van der Waals surface area contributed by atoms with Crippen LogP contribution >= 0.6 is 0 Å². The van der Waals surface area contributed by atoms with Crippen molar-refractivity contribution in [3.05, 3.63) is 23.3 Å². The molecule has 1 N–H and O–H groups in total. The van der Waals surface area contributed by atoms with E-state index in [1.807, 2.05) is 7.05 Å². The minimum Gasteiger partial charge on any atom is -0.313 e. The topological polar surface area (TPSA) is 37.8 Å². The van der Waals surface area contributed by atoms with Crippen LogP contribution in [0, 0.1) is 10.8 Å². The molecule has 0 bridgehead atoms. The van der Waals surface area contributed by atoms with E-state index in [2.05, 4.69) is 44.2 Å². The molecule has 3 heteroatoms. The molecular weight excluding hydrogens is 234 g/mol. The van der Waals surface area contributed by atoms with Gasteiger partial charge in [0.05, 0.1) is 0 Å². The Labute approximate surface area is 116 Å². The Morgan fingerprint density at radius 2 is 1.89 bits per heavy atom. The van der Waals surface area contributed by atoms with Gasteiger partial charge >= 0.3 is 0 Å². The van der Waals surface area contributed by atoms with Gasteiger partial charge in [0.2, 0.25) is 0 Å². The fourth-order valence-corrected chi connectivity index (χ4v) is 3.40. The lowest BCUT2D eigenvalue weighted by atomic mass is 9.74. The number of hydrogen-bond acceptors (Lipinski definition) is 3. The van der Waals surface area contributed by atoms with Crippen LogP contribution in [0.1, 0.15) is 69.6 Å². The second-order valence-corrected chi connectivity index (χ2v) is 7.76. The van der Waals surface area contributed by atoms with Crippen molar-refractivity contribution in [2.24, 2.45) is 10.8 Å². The largest absolute Gasteiger partial charge is 0.313 e. The summed E-state index contributed by atoms with van der Waals surface area (Å²) in [5, 5.41) is 3.42. The number of nitrogens with one attached hydrogen (secondary N) is 1. The van der Waals surface area contributed by atoms with Gasteiger partial charge < -0.3 is 5.32 Å². The molecule has 19 heavy (non-hydrogen) atoms. The van der Waals surface area contributed by atoms with Crippen LogP contribution in [-0.4, -0.2) is 17.0 Å². The van der Waals surface area contributed by atoms with E-state index in [4.69, 9.17) is 4.98 Å². The van der Waals surface area contributed by atoms with Crippen LogP contribution in [0.15, 0.2) is 6.20 Å². The molecule has 3 nitrogen and oxygen atoms in total. The maximum Gasteiger partial charge on any atom is 0.132 e. The van der Waals surface area contributed by atoms with Crippen LogP contribution in [0.5, 0.6) is 0 Å². The first-order valence-corrected chi connectivity index (χ1v) is 7.35. The third-order valence-corrected chi connectivity index (χ3v) is 4.87. The van der Waals surface area contributed by atoms with Crippen LogP contribution < -0.4 is 5.32 Å². The summed E-state index contributed by atoms with van der Waals surface area (Å²) in [7, 11) is 2.04. The zero-order valence-electron chi connectivity index (χ0n) is 12.7. The lowest BCUT2D eigenvalue weighted by Crippen LogP contribution is -2.32. The molecule has 0 spiro atoms. The molecule has 2 aliphatic carbocycles. The van der Waals surface area contributed by atoms with Gasteiger partial charge in [0.15, 0.2) is 0 Å². The molecule has 0 radical (unpaired) electrons. The summed E-state index contributed by atoms with van der Waals surface area (Å²) in [4.78, 5) is 9.56. The third-order valence-electron chi connectivity index (χ3n) is 4.87. The molecule has 1 aromatic heterocycles. The molecule has 2 atom stereocenters. The highest BCUT2D eigenvalue weighted by atomic mass is 15.0. The molecule has 3 rings (SSSR count). The Bertz CT molecular complexity index is 505. The molecule has 1 fully saturated rings. The quantitative estimate of drug-likeness (QED) is 0.886. The Balaban J connectivity index is 1.96. The molecule has 0 saturated heterocycles. The summed E-state index contributed by atoms with van der Waals surface area (Å²) < 4.78 is 0. The molecule has 104 valence electrons. The number of fused-ring (bicyclic) bond motifs is 1. The van der Waals surface area contributed by atoms with E-state index in [-0.39, 0.29) is 0 Å². The third kappa shape index (κ3) is 2.29.